The molecule has 1 heterocycles. The number of thiophene rings is 1. The minimum Gasteiger partial charge on any atom is -0.481 e. The number of esters is 1. The van der Waals surface area contributed by atoms with Crippen LogP contribution in [0.4, 0.5) is 5.00 Å². The summed E-state index contributed by atoms with van der Waals surface area (Å²) < 4.78 is 11.1. The van der Waals surface area contributed by atoms with Gasteiger partial charge < -0.3 is 14.8 Å². The van der Waals surface area contributed by atoms with Crippen molar-refractivity contribution in [1.82, 2.24) is 0 Å². The van der Waals surface area contributed by atoms with E-state index in [9.17, 15) is 9.59 Å². The number of ether oxygens (including phenoxy) is 2. The molecule has 0 aliphatic carbocycles. The van der Waals surface area contributed by atoms with Crippen LogP contribution in [0.2, 0.25) is 5.02 Å². The van der Waals surface area contributed by atoms with Gasteiger partial charge in [0.05, 0.1) is 6.61 Å². The fourth-order valence-corrected chi connectivity index (χ4v) is 4.50. The lowest BCUT2D eigenvalue weighted by Crippen LogP contribution is -2.30. The summed E-state index contributed by atoms with van der Waals surface area (Å²) in [4.78, 5) is 25.7. The number of hydrogen-bond donors (Lipinski definition) is 1. The molecular formula is C26H28ClNO4S. The maximum atomic E-state index is 12.9. The summed E-state index contributed by atoms with van der Waals surface area (Å²) in [6.07, 6.45) is 0.148. The molecule has 1 atom stereocenters. The highest BCUT2D eigenvalue weighted by Gasteiger charge is 2.25. The van der Waals surface area contributed by atoms with Gasteiger partial charge in [-0.3, -0.25) is 4.79 Å². The van der Waals surface area contributed by atoms with Crippen LogP contribution in [0, 0.1) is 13.8 Å². The van der Waals surface area contributed by atoms with Gasteiger partial charge in [-0.1, -0.05) is 42.8 Å². The molecule has 0 spiro atoms. The quantitative estimate of drug-likeness (QED) is 0.355. The van der Waals surface area contributed by atoms with Crippen LogP contribution in [0.3, 0.4) is 0 Å². The van der Waals surface area contributed by atoms with E-state index in [2.05, 4.69) is 12.2 Å². The van der Waals surface area contributed by atoms with Crippen LogP contribution in [0.15, 0.2) is 41.8 Å². The molecule has 0 saturated heterocycles. The van der Waals surface area contributed by atoms with Crippen LogP contribution in [0.1, 0.15) is 47.8 Å². The second-order valence-electron chi connectivity index (χ2n) is 7.74. The van der Waals surface area contributed by atoms with Gasteiger partial charge in [-0.2, -0.15) is 0 Å². The molecule has 3 aromatic rings. The van der Waals surface area contributed by atoms with Crippen molar-refractivity contribution < 1.29 is 19.1 Å². The van der Waals surface area contributed by atoms with Crippen LogP contribution < -0.4 is 10.1 Å². The first kappa shape index (κ1) is 24.8. The van der Waals surface area contributed by atoms with Gasteiger partial charge in [-0.25, -0.2) is 4.79 Å². The largest absolute Gasteiger partial charge is 0.481 e. The van der Waals surface area contributed by atoms with E-state index < -0.39 is 12.1 Å². The molecule has 0 fully saturated rings. The SMILES string of the molecule is CCOC(=O)c1c(-c2ccc(CC)cc2)csc1NC(=O)C(C)Oc1cc(C)c(Cl)c(C)c1. The van der Waals surface area contributed by atoms with Crippen molar-refractivity contribution in [2.75, 3.05) is 11.9 Å². The first-order chi connectivity index (χ1) is 15.7. The predicted molar refractivity (Wildman–Crippen MR) is 135 cm³/mol. The topological polar surface area (TPSA) is 64.6 Å². The number of benzene rings is 2. The molecule has 0 bridgehead atoms. The summed E-state index contributed by atoms with van der Waals surface area (Å²) in [5.74, 6) is -0.271. The number of nitrogens with one attached hydrogen (secondary N) is 1. The van der Waals surface area contributed by atoms with E-state index in [-0.39, 0.29) is 12.5 Å². The second-order valence-corrected chi connectivity index (χ2v) is 9.00. The van der Waals surface area contributed by atoms with Gasteiger partial charge in [0.2, 0.25) is 0 Å². The molecule has 5 nitrogen and oxygen atoms in total. The lowest BCUT2D eigenvalue weighted by atomic mass is 10.0. The lowest BCUT2D eigenvalue weighted by Gasteiger charge is -2.16. The Balaban J connectivity index is 1.85. The van der Waals surface area contributed by atoms with Gasteiger partial charge in [-0.15, -0.1) is 11.3 Å². The van der Waals surface area contributed by atoms with Gasteiger partial charge in [-0.05, 0) is 68.5 Å². The van der Waals surface area contributed by atoms with Gasteiger partial charge in [0.1, 0.15) is 16.3 Å². The number of halogens is 1. The lowest BCUT2D eigenvalue weighted by molar-refractivity contribution is -0.122. The maximum Gasteiger partial charge on any atom is 0.341 e. The van der Waals surface area contributed by atoms with Crippen molar-refractivity contribution in [3.05, 3.63) is 69.1 Å². The Bertz CT molecular complexity index is 1130. The summed E-state index contributed by atoms with van der Waals surface area (Å²) in [5.41, 5.74) is 4.93. The fraction of sp³-hybridized carbons (Fsp3) is 0.308. The predicted octanol–water partition coefficient (Wildman–Crippen LogP) is 6.83. The molecule has 2 aromatic carbocycles. The molecule has 174 valence electrons. The highest BCUT2D eigenvalue weighted by Crippen LogP contribution is 2.36. The van der Waals surface area contributed by atoms with Gasteiger partial charge in [0, 0.05) is 16.0 Å². The van der Waals surface area contributed by atoms with Crippen LogP contribution in [-0.2, 0) is 16.0 Å². The zero-order valence-corrected chi connectivity index (χ0v) is 21.0. The Labute approximate surface area is 203 Å². The van der Waals surface area contributed by atoms with E-state index in [4.69, 9.17) is 21.1 Å². The van der Waals surface area contributed by atoms with E-state index >= 15 is 0 Å². The summed E-state index contributed by atoms with van der Waals surface area (Å²) in [7, 11) is 0. The number of carbonyl (C=O) groups excluding carboxylic acids is 2. The third-order valence-corrected chi connectivity index (χ3v) is 6.76. The number of amides is 1. The molecule has 0 aliphatic rings. The smallest absolute Gasteiger partial charge is 0.341 e. The molecule has 0 aliphatic heterocycles. The molecule has 7 heteroatoms. The van der Waals surface area contributed by atoms with Crippen molar-refractivity contribution in [2.24, 2.45) is 0 Å². The Kier molecular flexibility index (Phi) is 8.16. The number of aryl methyl sites for hydroxylation is 3. The standard InChI is InChI=1S/C26H28ClNO4S/c1-6-18-8-10-19(11-9-18)21-14-33-25(22(21)26(30)31-7-2)28-24(29)17(5)32-20-12-15(3)23(27)16(4)13-20/h8-14,17H,6-7H2,1-5H3,(H,28,29). The number of anilines is 1. The minimum absolute atomic E-state index is 0.241. The Morgan fingerprint density at radius 1 is 1.09 bits per heavy atom. The first-order valence-electron chi connectivity index (χ1n) is 10.9. The van der Waals surface area contributed by atoms with Gasteiger partial charge in [0.25, 0.3) is 5.91 Å². The molecule has 33 heavy (non-hydrogen) atoms. The van der Waals surface area contributed by atoms with Crippen LogP contribution in [0.5, 0.6) is 5.75 Å². The first-order valence-corrected chi connectivity index (χ1v) is 12.1. The maximum absolute atomic E-state index is 12.9. The summed E-state index contributed by atoms with van der Waals surface area (Å²) in [5, 5.41) is 5.83. The highest BCUT2D eigenvalue weighted by molar-refractivity contribution is 7.15. The molecule has 1 N–H and O–H groups in total. The highest BCUT2D eigenvalue weighted by atomic mass is 35.5. The van der Waals surface area contributed by atoms with Crippen molar-refractivity contribution in [2.45, 2.75) is 47.1 Å². The van der Waals surface area contributed by atoms with Crippen molar-refractivity contribution in [1.29, 1.82) is 0 Å². The van der Waals surface area contributed by atoms with Gasteiger partial charge >= 0.3 is 5.97 Å². The van der Waals surface area contributed by atoms with E-state index in [1.165, 1.54) is 16.9 Å². The summed E-state index contributed by atoms with van der Waals surface area (Å²) in [6.45, 7) is 9.52. The van der Waals surface area contributed by atoms with Crippen molar-refractivity contribution >= 4 is 39.8 Å². The number of hydrogen-bond acceptors (Lipinski definition) is 5. The van der Waals surface area contributed by atoms with E-state index in [0.717, 1.165) is 28.7 Å². The average molecular weight is 486 g/mol. The van der Waals surface area contributed by atoms with E-state index in [0.29, 0.717) is 21.3 Å². The molecule has 1 unspecified atom stereocenters. The van der Waals surface area contributed by atoms with Crippen LogP contribution in [-0.4, -0.2) is 24.6 Å². The number of carbonyl (C=O) groups is 2. The second kappa shape index (κ2) is 10.9. The molecule has 1 aromatic heterocycles. The molecule has 3 rings (SSSR count). The molecule has 0 saturated carbocycles. The normalized spacial score (nSPS) is 11.7. The summed E-state index contributed by atoms with van der Waals surface area (Å²) >= 11 is 7.51. The van der Waals surface area contributed by atoms with Crippen LogP contribution >= 0.6 is 22.9 Å². The van der Waals surface area contributed by atoms with Crippen LogP contribution in [0.25, 0.3) is 11.1 Å². The molecule has 0 radical (unpaired) electrons. The zero-order chi connectivity index (χ0) is 24.1. The Morgan fingerprint density at radius 2 is 1.73 bits per heavy atom. The third kappa shape index (κ3) is 5.75. The Morgan fingerprint density at radius 3 is 2.30 bits per heavy atom. The molecular weight excluding hydrogens is 458 g/mol. The van der Waals surface area contributed by atoms with E-state index in [1.807, 2.05) is 43.5 Å². The monoisotopic (exact) mass is 485 g/mol. The van der Waals surface area contributed by atoms with Crippen molar-refractivity contribution in [3.63, 3.8) is 0 Å². The number of rotatable bonds is 8. The fourth-order valence-electron chi connectivity index (χ4n) is 3.43. The zero-order valence-electron chi connectivity index (χ0n) is 19.5. The van der Waals surface area contributed by atoms with Crippen molar-refractivity contribution in [3.8, 4) is 16.9 Å². The minimum atomic E-state index is -0.783. The van der Waals surface area contributed by atoms with Gasteiger partial charge in [0.15, 0.2) is 6.10 Å². The van der Waals surface area contributed by atoms with E-state index in [1.54, 1.807) is 26.0 Å². The Hall–Kier alpha value is -2.83. The summed E-state index contributed by atoms with van der Waals surface area (Å²) in [6, 6.07) is 11.6. The molecule has 1 amide bonds. The average Bonchev–Trinajstić information content (AvgIpc) is 3.21. The third-order valence-electron chi connectivity index (χ3n) is 5.27.